The van der Waals surface area contributed by atoms with Gasteiger partial charge in [-0.3, -0.25) is 4.79 Å². The lowest BCUT2D eigenvalue weighted by Crippen LogP contribution is -2.24. The molecule has 7 heteroatoms. The Morgan fingerprint density at radius 2 is 2.18 bits per heavy atom. The average molecular weight is 403 g/mol. The van der Waals surface area contributed by atoms with E-state index in [1.54, 1.807) is 32.4 Å². The predicted octanol–water partition coefficient (Wildman–Crippen LogP) is 4.31. The summed E-state index contributed by atoms with van der Waals surface area (Å²) in [7, 11) is 3.13. The van der Waals surface area contributed by atoms with Crippen LogP contribution in [0.3, 0.4) is 0 Å². The Morgan fingerprint density at radius 3 is 2.86 bits per heavy atom. The standard InChI is InChI=1S/C21H24ClFN4O/c1-4-5-11-8-21(11)10-26-19-16(21)17(22)13(9-25-19)12-6-7-14(24)15(18(12)23)20(28)27(2)3/h6-7,9,11H,4-5,8,10,24H2,1-3H3,(H,25,26). The number of hydrogen-bond donors (Lipinski definition) is 2. The zero-order valence-electron chi connectivity index (χ0n) is 16.3. The lowest BCUT2D eigenvalue weighted by Gasteiger charge is -2.17. The first kappa shape index (κ1) is 19.0. The van der Waals surface area contributed by atoms with Crippen molar-refractivity contribution in [2.75, 3.05) is 31.7 Å². The summed E-state index contributed by atoms with van der Waals surface area (Å²) in [6.07, 6.45) is 4.90. The number of carbonyl (C=O) groups is 1. The second-order valence-electron chi connectivity index (χ2n) is 8.00. The summed E-state index contributed by atoms with van der Waals surface area (Å²) in [5, 5.41) is 3.87. The molecule has 1 amide bonds. The number of rotatable bonds is 4. The third kappa shape index (κ3) is 2.65. The maximum atomic E-state index is 15.3. The van der Waals surface area contributed by atoms with Crippen LogP contribution in [0.1, 0.15) is 42.1 Å². The van der Waals surface area contributed by atoms with E-state index in [1.165, 1.54) is 4.90 Å². The van der Waals surface area contributed by atoms with Crippen LogP contribution in [0.15, 0.2) is 18.3 Å². The van der Waals surface area contributed by atoms with Crippen molar-refractivity contribution in [1.29, 1.82) is 0 Å². The highest BCUT2D eigenvalue weighted by molar-refractivity contribution is 6.34. The normalized spacial score (nSPS) is 22.1. The molecular formula is C21H24ClFN4O. The van der Waals surface area contributed by atoms with Gasteiger partial charge in [0.15, 0.2) is 0 Å². The first-order valence-electron chi connectivity index (χ1n) is 9.54. The fourth-order valence-electron chi connectivity index (χ4n) is 4.47. The Bertz CT molecular complexity index is 977. The quantitative estimate of drug-likeness (QED) is 0.747. The molecule has 28 heavy (non-hydrogen) atoms. The number of halogens is 2. The number of hydrogen-bond acceptors (Lipinski definition) is 4. The molecule has 4 rings (SSSR count). The largest absolute Gasteiger partial charge is 0.398 e. The molecule has 2 heterocycles. The molecule has 148 valence electrons. The zero-order chi connectivity index (χ0) is 20.2. The molecule has 1 saturated carbocycles. The Kier molecular flexibility index (Phi) is 4.49. The number of nitrogens with two attached hydrogens (primary N) is 1. The van der Waals surface area contributed by atoms with Gasteiger partial charge in [-0.25, -0.2) is 9.37 Å². The number of benzene rings is 1. The molecular weight excluding hydrogens is 379 g/mol. The van der Waals surface area contributed by atoms with Crippen LogP contribution in [0.2, 0.25) is 5.02 Å². The van der Waals surface area contributed by atoms with Crippen LogP contribution < -0.4 is 11.1 Å². The van der Waals surface area contributed by atoms with Crippen molar-refractivity contribution in [2.45, 2.75) is 31.6 Å². The van der Waals surface area contributed by atoms with Gasteiger partial charge in [-0.05, 0) is 30.9 Å². The van der Waals surface area contributed by atoms with Gasteiger partial charge in [0.25, 0.3) is 5.91 Å². The number of carbonyl (C=O) groups excluding carboxylic acids is 1. The van der Waals surface area contributed by atoms with Gasteiger partial charge >= 0.3 is 0 Å². The zero-order valence-corrected chi connectivity index (χ0v) is 17.0. The Labute approximate surface area is 169 Å². The molecule has 2 atom stereocenters. The summed E-state index contributed by atoms with van der Waals surface area (Å²) >= 11 is 6.81. The highest BCUT2D eigenvalue weighted by Gasteiger charge is 2.59. The van der Waals surface area contributed by atoms with Gasteiger partial charge < -0.3 is 16.0 Å². The van der Waals surface area contributed by atoms with Crippen molar-refractivity contribution in [2.24, 2.45) is 5.92 Å². The number of pyridine rings is 1. The van der Waals surface area contributed by atoms with Gasteiger partial charge in [0, 0.05) is 54.6 Å². The van der Waals surface area contributed by atoms with Crippen molar-refractivity contribution in [1.82, 2.24) is 9.88 Å². The average Bonchev–Trinajstić information content (AvgIpc) is 3.19. The van der Waals surface area contributed by atoms with Crippen molar-refractivity contribution >= 4 is 29.0 Å². The Balaban J connectivity index is 1.84. The lowest BCUT2D eigenvalue weighted by atomic mass is 9.92. The van der Waals surface area contributed by atoms with Crippen LogP contribution in [-0.4, -0.2) is 36.4 Å². The summed E-state index contributed by atoms with van der Waals surface area (Å²) in [5.74, 6) is 0.212. The Morgan fingerprint density at radius 1 is 1.43 bits per heavy atom. The summed E-state index contributed by atoms with van der Waals surface area (Å²) in [5.41, 5.74) is 7.59. The predicted molar refractivity (Wildman–Crippen MR) is 110 cm³/mol. The van der Waals surface area contributed by atoms with E-state index in [1.807, 2.05) is 0 Å². The third-order valence-corrected chi connectivity index (χ3v) is 6.43. The van der Waals surface area contributed by atoms with Crippen LogP contribution in [0, 0.1) is 11.7 Å². The van der Waals surface area contributed by atoms with E-state index in [4.69, 9.17) is 17.3 Å². The molecule has 1 fully saturated rings. The van der Waals surface area contributed by atoms with E-state index in [0.717, 1.165) is 37.2 Å². The van der Waals surface area contributed by atoms with Crippen molar-refractivity contribution in [3.63, 3.8) is 0 Å². The van der Waals surface area contributed by atoms with Gasteiger partial charge in [-0.2, -0.15) is 0 Å². The summed E-state index contributed by atoms with van der Waals surface area (Å²) < 4.78 is 15.3. The monoisotopic (exact) mass is 402 g/mol. The molecule has 1 spiro atoms. The molecule has 0 saturated heterocycles. The number of fused-ring (bicyclic) bond motifs is 2. The van der Waals surface area contributed by atoms with Crippen LogP contribution in [0.25, 0.3) is 11.1 Å². The van der Waals surface area contributed by atoms with Crippen LogP contribution in [-0.2, 0) is 5.41 Å². The highest BCUT2D eigenvalue weighted by atomic mass is 35.5. The molecule has 2 unspecified atom stereocenters. The minimum atomic E-state index is -0.664. The molecule has 1 aromatic heterocycles. The van der Waals surface area contributed by atoms with E-state index in [-0.39, 0.29) is 22.2 Å². The molecule has 1 aromatic carbocycles. The summed E-state index contributed by atoms with van der Waals surface area (Å²) in [4.78, 5) is 18.2. The van der Waals surface area contributed by atoms with E-state index >= 15 is 4.39 Å². The van der Waals surface area contributed by atoms with E-state index < -0.39 is 11.7 Å². The van der Waals surface area contributed by atoms with E-state index in [0.29, 0.717) is 16.5 Å². The number of aromatic nitrogens is 1. The minimum absolute atomic E-state index is 0.00198. The number of nitrogens with one attached hydrogen (secondary N) is 1. The van der Waals surface area contributed by atoms with Gasteiger partial charge in [0.2, 0.25) is 0 Å². The molecule has 3 N–H and O–H groups in total. The second-order valence-corrected chi connectivity index (χ2v) is 8.38. The van der Waals surface area contributed by atoms with Crippen molar-refractivity contribution < 1.29 is 9.18 Å². The summed E-state index contributed by atoms with van der Waals surface area (Å²) in [6, 6.07) is 3.11. The number of amides is 1. The van der Waals surface area contributed by atoms with Gasteiger partial charge in [-0.1, -0.05) is 24.9 Å². The number of anilines is 2. The number of nitrogen functional groups attached to an aromatic ring is 1. The molecule has 2 aliphatic rings. The fraction of sp³-hybridized carbons (Fsp3) is 0.429. The van der Waals surface area contributed by atoms with Gasteiger partial charge in [0.05, 0.1) is 10.6 Å². The minimum Gasteiger partial charge on any atom is -0.398 e. The lowest BCUT2D eigenvalue weighted by molar-refractivity contribution is 0.0824. The Hall–Kier alpha value is -2.34. The summed E-state index contributed by atoms with van der Waals surface area (Å²) in [6.45, 7) is 3.00. The first-order chi connectivity index (χ1) is 13.3. The highest BCUT2D eigenvalue weighted by Crippen LogP contribution is 2.63. The first-order valence-corrected chi connectivity index (χ1v) is 9.92. The smallest absolute Gasteiger partial charge is 0.258 e. The van der Waals surface area contributed by atoms with E-state index in [2.05, 4.69) is 17.2 Å². The third-order valence-electron chi connectivity index (χ3n) is 6.04. The fourth-order valence-corrected chi connectivity index (χ4v) is 4.89. The van der Waals surface area contributed by atoms with Crippen LogP contribution in [0.4, 0.5) is 15.9 Å². The number of nitrogens with zero attached hydrogens (tertiary/aromatic N) is 2. The molecule has 1 aliphatic heterocycles. The topological polar surface area (TPSA) is 71.2 Å². The molecule has 5 nitrogen and oxygen atoms in total. The SMILES string of the molecule is CCCC1CC12CNc1ncc(-c3ccc(N)c(C(=O)N(C)C)c3F)c(Cl)c12. The van der Waals surface area contributed by atoms with Crippen molar-refractivity contribution in [3.05, 3.63) is 40.3 Å². The molecule has 1 aliphatic carbocycles. The van der Waals surface area contributed by atoms with E-state index in [9.17, 15) is 4.79 Å². The molecule has 2 aromatic rings. The van der Waals surface area contributed by atoms with Gasteiger partial charge in [-0.15, -0.1) is 0 Å². The second kappa shape index (κ2) is 6.62. The van der Waals surface area contributed by atoms with Crippen LogP contribution >= 0.6 is 11.6 Å². The maximum absolute atomic E-state index is 15.3. The molecule has 0 radical (unpaired) electrons. The van der Waals surface area contributed by atoms with Gasteiger partial charge in [0.1, 0.15) is 11.6 Å². The maximum Gasteiger partial charge on any atom is 0.258 e. The van der Waals surface area contributed by atoms with Crippen LogP contribution in [0.5, 0.6) is 0 Å². The molecule has 0 bridgehead atoms. The van der Waals surface area contributed by atoms with Crippen molar-refractivity contribution in [3.8, 4) is 11.1 Å².